The number of carbonyl (C=O) groups is 1. The molecule has 0 saturated heterocycles. The molecule has 1 N–H and O–H groups in total. The van der Waals surface area contributed by atoms with Gasteiger partial charge in [-0.25, -0.2) is 13.4 Å². The van der Waals surface area contributed by atoms with Gasteiger partial charge in [0.05, 0.1) is 21.7 Å². The average molecular weight is 435 g/mol. The van der Waals surface area contributed by atoms with Crippen molar-refractivity contribution in [2.75, 3.05) is 24.8 Å². The number of benzene rings is 2. The van der Waals surface area contributed by atoms with Crippen LogP contribution in [0.2, 0.25) is 0 Å². The summed E-state index contributed by atoms with van der Waals surface area (Å²) in [5, 5.41) is 3.06. The molecular formula is C20H22N2O5S2. The van der Waals surface area contributed by atoms with Gasteiger partial charge in [0.1, 0.15) is 11.5 Å². The molecule has 7 nitrogen and oxygen atoms in total. The molecule has 0 unspecified atom stereocenters. The van der Waals surface area contributed by atoms with Gasteiger partial charge < -0.3 is 9.47 Å². The average Bonchev–Trinajstić information content (AvgIpc) is 3.05. The van der Waals surface area contributed by atoms with Gasteiger partial charge in [-0.3, -0.25) is 10.1 Å². The van der Waals surface area contributed by atoms with Crippen LogP contribution in [0.1, 0.15) is 13.8 Å². The minimum absolute atomic E-state index is 0.182. The number of aromatic nitrogens is 1. The van der Waals surface area contributed by atoms with E-state index >= 15 is 0 Å². The second-order valence-corrected chi connectivity index (χ2v) is 9.98. The number of nitrogens with one attached hydrogen (secondary N) is 1. The van der Waals surface area contributed by atoms with Crippen molar-refractivity contribution in [1.82, 2.24) is 4.98 Å². The Morgan fingerprint density at radius 2 is 1.86 bits per heavy atom. The van der Waals surface area contributed by atoms with Crippen LogP contribution in [0.5, 0.6) is 11.5 Å². The molecule has 0 saturated carbocycles. The third kappa shape index (κ3) is 5.91. The summed E-state index contributed by atoms with van der Waals surface area (Å²) in [6, 6.07) is 11.8. The molecule has 0 fully saturated rings. The van der Waals surface area contributed by atoms with E-state index in [4.69, 9.17) is 9.47 Å². The van der Waals surface area contributed by atoms with E-state index in [1.165, 1.54) is 17.4 Å². The molecule has 29 heavy (non-hydrogen) atoms. The van der Waals surface area contributed by atoms with Crippen LogP contribution in [0, 0.1) is 5.92 Å². The smallest absolute Gasteiger partial charge is 0.264 e. The van der Waals surface area contributed by atoms with E-state index in [9.17, 15) is 13.2 Å². The predicted molar refractivity (Wildman–Crippen MR) is 114 cm³/mol. The molecule has 1 aromatic heterocycles. The Labute approximate surface area is 173 Å². The normalized spacial score (nSPS) is 11.6. The van der Waals surface area contributed by atoms with E-state index in [-0.39, 0.29) is 17.4 Å². The minimum atomic E-state index is -3.30. The molecule has 0 aliphatic carbocycles. The van der Waals surface area contributed by atoms with E-state index in [1.807, 2.05) is 6.07 Å². The SMILES string of the molecule is CC(C)COc1cccc(OCC(=O)Nc2nc3ccc(S(C)(=O)=O)cc3s2)c1. The van der Waals surface area contributed by atoms with Crippen molar-refractivity contribution in [2.45, 2.75) is 18.7 Å². The van der Waals surface area contributed by atoms with Gasteiger partial charge in [0.15, 0.2) is 21.6 Å². The zero-order valence-corrected chi connectivity index (χ0v) is 18.0. The lowest BCUT2D eigenvalue weighted by Crippen LogP contribution is -2.20. The first-order valence-electron chi connectivity index (χ1n) is 8.97. The van der Waals surface area contributed by atoms with Crippen LogP contribution in [0.3, 0.4) is 0 Å². The maximum absolute atomic E-state index is 12.2. The van der Waals surface area contributed by atoms with Gasteiger partial charge >= 0.3 is 0 Å². The second-order valence-electron chi connectivity index (χ2n) is 6.94. The number of hydrogen-bond acceptors (Lipinski definition) is 7. The van der Waals surface area contributed by atoms with Crippen LogP contribution < -0.4 is 14.8 Å². The third-order valence-electron chi connectivity index (χ3n) is 3.79. The van der Waals surface area contributed by atoms with Gasteiger partial charge in [0.25, 0.3) is 5.91 Å². The fraction of sp³-hybridized carbons (Fsp3) is 0.300. The summed E-state index contributed by atoms with van der Waals surface area (Å²) in [7, 11) is -3.30. The molecule has 0 atom stereocenters. The number of rotatable bonds is 8. The summed E-state index contributed by atoms with van der Waals surface area (Å²) >= 11 is 1.21. The van der Waals surface area contributed by atoms with E-state index in [0.29, 0.717) is 39.4 Å². The number of sulfone groups is 1. The Balaban J connectivity index is 1.60. The Morgan fingerprint density at radius 3 is 2.55 bits per heavy atom. The van der Waals surface area contributed by atoms with E-state index in [1.54, 1.807) is 30.3 Å². The molecule has 0 aliphatic rings. The van der Waals surface area contributed by atoms with Crippen molar-refractivity contribution in [1.29, 1.82) is 0 Å². The highest BCUT2D eigenvalue weighted by Gasteiger charge is 2.12. The van der Waals surface area contributed by atoms with E-state index in [2.05, 4.69) is 24.1 Å². The number of hydrogen-bond donors (Lipinski definition) is 1. The monoisotopic (exact) mass is 434 g/mol. The van der Waals surface area contributed by atoms with Crippen LogP contribution >= 0.6 is 11.3 Å². The lowest BCUT2D eigenvalue weighted by Gasteiger charge is -2.10. The third-order valence-corrected chi connectivity index (χ3v) is 5.84. The molecule has 0 bridgehead atoms. The number of amides is 1. The van der Waals surface area contributed by atoms with Crippen LogP contribution in [0.4, 0.5) is 5.13 Å². The first-order chi connectivity index (χ1) is 13.7. The van der Waals surface area contributed by atoms with E-state index in [0.717, 1.165) is 6.26 Å². The predicted octanol–water partition coefficient (Wildman–Crippen LogP) is 3.75. The van der Waals surface area contributed by atoms with Crippen LogP contribution in [0.15, 0.2) is 47.4 Å². The molecule has 2 aromatic carbocycles. The number of anilines is 1. The first-order valence-corrected chi connectivity index (χ1v) is 11.7. The maximum atomic E-state index is 12.2. The van der Waals surface area contributed by atoms with Crippen molar-refractivity contribution in [3.63, 3.8) is 0 Å². The molecule has 1 amide bonds. The van der Waals surface area contributed by atoms with Crippen molar-refractivity contribution < 1.29 is 22.7 Å². The number of ether oxygens (including phenoxy) is 2. The Hall–Kier alpha value is -2.65. The van der Waals surface area contributed by atoms with Gasteiger partial charge in [0.2, 0.25) is 0 Å². The van der Waals surface area contributed by atoms with Crippen molar-refractivity contribution in [3.05, 3.63) is 42.5 Å². The minimum Gasteiger partial charge on any atom is -0.493 e. The van der Waals surface area contributed by atoms with Crippen LogP contribution in [-0.4, -0.2) is 38.8 Å². The van der Waals surface area contributed by atoms with Crippen LogP contribution in [0.25, 0.3) is 10.2 Å². The summed E-state index contributed by atoms with van der Waals surface area (Å²) in [4.78, 5) is 16.7. The summed E-state index contributed by atoms with van der Waals surface area (Å²) in [6.07, 6.45) is 1.15. The van der Waals surface area contributed by atoms with Crippen molar-refractivity contribution in [3.8, 4) is 11.5 Å². The number of fused-ring (bicyclic) bond motifs is 1. The fourth-order valence-corrected chi connectivity index (χ4v) is 4.05. The summed E-state index contributed by atoms with van der Waals surface area (Å²) in [5.74, 6) is 1.27. The van der Waals surface area contributed by atoms with Crippen LogP contribution in [-0.2, 0) is 14.6 Å². The molecular weight excluding hydrogens is 412 g/mol. The summed E-state index contributed by atoms with van der Waals surface area (Å²) in [5.41, 5.74) is 0.619. The molecule has 154 valence electrons. The molecule has 9 heteroatoms. The zero-order valence-electron chi connectivity index (χ0n) is 16.3. The fourth-order valence-electron chi connectivity index (χ4n) is 2.41. The van der Waals surface area contributed by atoms with Gasteiger partial charge in [-0.15, -0.1) is 0 Å². The molecule has 0 radical (unpaired) electrons. The molecule has 0 aliphatic heterocycles. The molecule has 3 aromatic rings. The highest BCUT2D eigenvalue weighted by atomic mass is 32.2. The lowest BCUT2D eigenvalue weighted by atomic mass is 10.2. The van der Waals surface area contributed by atoms with Gasteiger partial charge in [-0.2, -0.15) is 0 Å². The molecule has 1 heterocycles. The summed E-state index contributed by atoms with van der Waals surface area (Å²) < 4.78 is 35.2. The van der Waals surface area contributed by atoms with Gasteiger partial charge in [-0.05, 0) is 36.2 Å². The largest absolute Gasteiger partial charge is 0.493 e. The van der Waals surface area contributed by atoms with Gasteiger partial charge in [0, 0.05) is 12.3 Å². The first kappa shape index (κ1) is 21.1. The Bertz CT molecular complexity index is 1120. The quantitative estimate of drug-likeness (QED) is 0.580. The Morgan fingerprint density at radius 1 is 1.14 bits per heavy atom. The zero-order chi connectivity index (χ0) is 21.0. The second kappa shape index (κ2) is 8.79. The standard InChI is InChI=1S/C20H22N2O5S2/c1-13(2)11-26-14-5-4-6-15(9-14)27-12-19(23)22-20-21-17-8-7-16(29(3,24)25)10-18(17)28-20/h4-10,13H,11-12H2,1-3H3,(H,21,22,23). The summed E-state index contributed by atoms with van der Waals surface area (Å²) in [6.45, 7) is 4.55. The van der Waals surface area contributed by atoms with Crippen molar-refractivity contribution >= 4 is 42.4 Å². The van der Waals surface area contributed by atoms with E-state index < -0.39 is 9.84 Å². The number of thiazole rings is 1. The molecule has 3 rings (SSSR count). The number of nitrogens with zero attached hydrogens (tertiary/aromatic N) is 1. The van der Waals surface area contributed by atoms with Gasteiger partial charge in [-0.1, -0.05) is 31.3 Å². The number of carbonyl (C=O) groups excluding carboxylic acids is 1. The van der Waals surface area contributed by atoms with Crippen molar-refractivity contribution in [2.24, 2.45) is 5.92 Å². The highest BCUT2D eigenvalue weighted by molar-refractivity contribution is 7.90. The maximum Gasteiger partial charge on any atom is 0.264 e. The molecule has 0 spiro atoms. The topological polar surface area (TPSA) is 94.6 Å². The Kier molecular flexibility index (Phi) is 6.39. The highest BCUT2D eigenvalue weighted by Crippen LogP contribution is 2.28. The lowest BCUT2D eigenvalue weighted by molar-refractivity contribution is -0.118.